The quantitative estimate of drug-likeness (QED) is 0.326. The Morgan fingerprint density at radius 3 is 2.15 bits per heavy atom. The van der Waals surface area contributed by atoms with Gasteiger partial charge < -0.3 is 9.30 Å². The molecular weight excluding hydrogens is 401 g/mol. The van der Waals surface area contributed by atoms with Crippen LogP contribution in [0.4, 0.5) is 0 Å². The van der Waals surface area contributed by atoms with Gasteiger partial charge in [-0.25, -0.2) is 0 Å². The van der Waals surface area contributed by atoms with Gasteiger partial charge in [-0.1, -0.05) is 91.0 Å². The number of aromatic nitrogens is 1. The number of hydrogen-bond donors (Lipinski definition) is 0. The van der Waals surface area contributed by atoms with E-state index in [9.17, 15) is 0 Å². The predicted octanol–water partition coefficient (Wildman–Crippen LogP) is 5.39. The largest absolute Gasteiger partial charge is 0.458 e. The summed E-state index contributed by atoms with van der Waals surface area (Å²) in [5.41, 5.74) is 10.1. The summed E-state index contributed by atoms with van der Waals surface area (Å²) in [6, 6.07) is 39.1. The second-order valence-electron chi connectivity index (χ2n) is 8.91. The molecule has 8 rings (SSSR count). The molecule has 6 aromatic rings. The van der Waals surface area contributed by atoms with Crippen LogP contribution in [0.3, 0.4) is 0 Å². The Kier molecular flexibility index (Phi) is 3.24. The molecule has 33 heavy (non-hydrogen) atoms. The SMILES string of the molecule is c1ccc(-c2cccc3c4cccc5c4n(c23)-c2cccc3c2B5c2ccccc2O3)cc1. The van der Waals surface area contributed by atoms with Gasteiger partial charge in [0.2, 0.25) is 0 Å². The molecule has 0 N–H and O–H groups in total. The third-order valence-electron chi connectivity index (χ3n) is 7.26. The Bertz CT molecular complexity index is 1750. The van der Waals surface area contributed by atoms with Crippen molar-refractivity contribution in [3.8, 4) is 28.3 Å². The average molecular weight is 419 g/mol. The number of para-hydroxylation sites is 3. The number of nitrogens with zero attached hydrogens (tertiary/aromatic N) is 1. The van der Waals surface area contributed by atoms with Crippen LogP contribution in [0.2, 0.25) is 0 Å². The van der Waals surface area contributed by atoms with Gasteiger partial charge in [0.1, 0.15) is 11.5 Å². The molecule has 3 heteroatoms. The molecule has 3 heterocycles. The van der Waals surface area contributed by atoms with Gasteiger partial charge >= 0.3 is 0 Å². The highest BCUT2D eigenvalue weighted by molar-refractivity contribution is 6.99. The Hall–Kier alpha value is -4.24. The lowest BCUT2D eigenvalue weighted by Crippen LogP contribution is -2.58. The summed E-state index contributed by atoms with van der Waals surface area (Å²) in [6.45, 7) is 0.168. The molecule has 0 amide bonds. The summed E-state index contributed by atoms with van der Waals surface area (Å²) in [6.07, 6.45) is 0. The van der Waals surface area contributed by atoms with Crippen molar-refractivity contribution in [3.05, 3.63) is 109 Å². The van der Waals surface area contributed by atoms with Gasteiger partial charge in [0.05, 0.1) is 5.52 Å². The maximum absolute atomic E-state index is 6.43. The van der Waals surface area contributed by atoms with Crippen molar-refractivity contribution >= 4 is 44.9 Å². The van der Waals surface area contributed by atoms with Gasteiger partial charge in [-0.3, -0.25) is 0 Å². The molecule has 0 atom stereocenters. The monoisotopic (exact) mass is 419 g/mol. The van der Waals surface area contributed by atoms with Crippen LogP contribution in [0, 0.1) is 0 Å². The summed E-state index contributed by atoms with van der Waals surface area (Å²) in [5, 5.41) is 2.60. The summed E-state index contributed by atoms with van der Waals surface area (Å²) < 4.78 is 8.91. The van der Waals surface area contributed by atoms with Gasteiger partial charge in [0, 0.05) is 27.5 Å². The Morgan fingerprint density at radius 1 is 0.545 bits per heavy atom. The maximum atomic E-state index is 6.43. The fourth-order valence-electron chi connectivity index (χ4n) is 5.98. The van der Waals surface area contributed by atoms with Crippen molar-refractivity contribution in [3.63, 3.8) is 0 Å². The number of rotatable bonds is 1. The van der Waals surface area contributed by atoms with Crippen molar-refractivity contribution in [2.24, 2.45) is 0 Å². The zero-order valence-corrected chi connectivity index (χ0v) is 17.8. The van der Waals surface area contributed by atoms with E-state index >= 15 is 0 Å². The van der Waals surface area contributed by atoms with Crippen LogP contribution in [0.5, 0.6) is 11.5 Å². The van der Waals surface area contributed by atoms with Crippen LogP contribution < -0.4 is 21.1 Å². The summed E-state index contributed by atoms with van der Waals surface area (Å²) >= 11 is 0. The van der Waals surface area contributed by atoms with E-state index in [4.69, 9.17) is 4.74 Å². The van der Waals surface area contributed by atoms with E-state index in [0.717, 1.165) is 11.5 Å². The number of hydrogen-bond acceptors (Lipinski definition) is 1. The van der Waals surface area contributed by atoms with Gasteiger partial charge in [-0.05, 0) is 40.2 Å². The Balaban J connectivity index is 1.60. The molecule has 0 unspecified atom stereocenters. The average Bonchev–Trinajstić information content (AvgIpc) is 3.22. The zero-order valence-electron chi connectivity index (χ0n) is 17.8. The zero-order chi connectivity index (χ0) is 21.5. The standard InChI is InChI=1S/C30H18BNO/c1-2-9-19(10-3-1)20-11-6-12-21-22-13-7-15-24-30(22)32(29(20)21)25-16-8-18-27-28(25)31(24)23-14-4-5-17-26(23)33-27/h1-18H. The topological polar surface area (TPSA) is 14.2 Å². The van der Waals surface area contributed by atoms with Gasteiger partial charge in [-0.15, -0.1) is 0 Å². The molecule has 0 saturated carbocycles. The molecule has 0 saturated heterocycles. The van der Waals surface area contributed by atoms with Crippen LogP contribution in [0.1, 0.15) is 0 Å². The molecule has 0 radical (unpaired) electrons. The van der Waals surface area contributed by atoms with Gasteiger partial charge in [0.15, 0.2) is 0 Å². The van der Waals surface area contributed by atoms with Crippen molar-refractivity contribution < 1.29 is 4.74 Å². The molecular formula is C30H18BNO. The number of benzene rings is 5. The molecule has 152 valence electrons. The highest BCUT2D eigenvalue weighted by Gasteiger charge is 2.40. The second kappa shape index (κ2) is 6.17. The Morgan fingerprint density at radius 2 is 1.24 bits per heavy atom. The van der Waals surface area contributed by atoms with E-state index in [0.29, 0.717) is 0 Å². The van der Waals surface area contributed by atoms with Crippen LogP contribution in [-0.2, 0) is 0 Å². The Labute approximate surface area is 191 Å². The van der Waals surface area contributed by atoms with Crippen molar-refractivity contribution in [1.29, 1.82) is 0 Å². The number of ether oxygens (including phenoxy) is 1. The minimum atomic E-state index is 0.168. The highest BCUT2D eigenvalue weighted by Crippen LogP contribution is 2.40. The first-order valence-electron chi connectivity index (χ1n) is 11.4. The normalized spacial score (nSPS) is 13.0. The summed E-state index contributed by atoms with van der Waals surface area (Å²) in [4.78, 5) is 0. The third-order valence-corrected chi connectivity index (χ3v) is 7.26. The first-order chi connectivity index (χ1) is 16.4. The molecule has 2 aliphatic heterocycles. The van der Waals surface area contributed by atoms with E-state index in [-0.39, 0.29) is 6.71 Å². The predicted molar refractivity (Wildman–Crippen MR) is 137 cm³/mol. The van der Waals surface area contributed by atoms with E-state index in [1.54, 1.807) is 0 Å². The minimum Gasteiger partial charge on any atom is -0.458 e. The third kappa shape index (κ3) is 2.14. The van der Waals surface area contributed by atoms with Gasteiger partial charge in [-0.2, -0.15) is 0 Å². The molecule has 1 aromatic heterocycles. The highest BCUT2D eigenvalue weighted by atomic mass is 16.5. The molecule has 0 bridgehead atoms. The molecule has 0 spiro atoms. The van der Waals surface area contributed by atoms with Crippen molar-refractivity contribution in [1.82, 2.24) is 4.57 Å². The fourth-order valence-corrected chi connectivity index (χ4v) is 5.98. The maximum Gasteiger partial charge on any atom is 0.256 e. The summed E-state index contributed by atoms with van der Waals surface area (Å²) in [7, 11) is 0. The molecule has 2 aliphatic rings. The van der Waals surface area contributed by atoms with Crippen LogP contribution in [0.25, 0.3) is 38.6 Å². The van der Waals surface area contributed by atoms with E-state index < -0.39 is 0 Å². The first kappa shape index (κ1) is 17.3. The minimum absolute atomic E-state index is 0.168. The molecule has 0 aliphatic carbocycles. The van der Waals surface area contributed by atoms with Crippen molar-refractivity contribution in [2.75, 3.05) is 0 Å². The van der Waals surface area contributed by atoms with Gasteiger partial charge in [0.25, 0.3) is 6.71 Å². The first-order valence-corrected chi connectivity index (χ1v) is 11.4. The molecule has 5 aromatic carbocycles. The lowest BCUT2D eigenvalue weighted by atomic mass is 9.34. The second-order valence-corrected chi connectivity index (χ2v) is 8.91. The lowest BCUT2D eigenvalue weighted by Gasteiger charge is -2.33. The summed E-state index contributed by atoms with van der Waals surface area (Å²) in [5.74, 6) is 1.91. The molecule has 0 fully saturated rings. The van der Waals surface area contributed by atoms with E-state index in [1.807, 2.05) is 0 Å². The van der Waals surface area contributed by atoms with Crippen molar-refractivity contribution in [2.45, 2.75) is 0 Å². The van der Waals surface area contributed by atoms with Crippen LogP contribution in [-0.4, -0.2) is 11.3 Å². The number of fused-ring (bicyclic) bond motifs is 7. The fraction of sp³-hybridized carbons (Fsp3) is 0. The lowest BCUT2D eigenvalue weighted by molar-refractivity contribution is 0.487. The van der Waals surface area contributed by atoms with Crippen LogP contribution >= 0.6 is 0 Å². The van der Waals surface area contributed by atoms with E-state index in [2.05, 4.69) is 114 Å². The van der Waals surface area contributed by atoms with Crippen LogP contribution in [0.15, 0.2) is 109 Å². The molecule has 2 nitrogen and oxygen atoms in total. The van der Waals surface area contributed by atoms with E-state index in [1.165, 1.54) is 55.0 Å². The smallest absolute Gasteiger partial charge is 0.256 e.